The molecule has 0 unspecified atom stereocenters. The monoisotopic (exact) mass is 266 g/mol. The Morgan fingerprint density at radius 1 is 1.10 bits per heavy atom. The Morgan fingerprint density at radius 2 is 1.85 bits per heavy atom. The summed E-state index contributed by atoms with van der Waals surface area (Å²) in [6.45, 7) is 0.511. The van der Waals surface area contributed by atoms with Gasteiger partial charge in [0, 0.05) is 5.56 Å². The van der Waals surface area contributed by atoms with Gasteiger partial charge in [-0.05, 0) is 23.3 Å². The van der Waals surface area contributed by atoms with Gasteiger partial charge in [-0.25, -0.2) is 4.79 Å². The van der Waals surface area contributed by atoms with Crippen LogP contribution >= 0.6 is 0 Å². The number of benzene rings is 2. The van der Waals surface area contributed by atoms with E-state index in [2.05, 4.69) is 0 Å². The molecule has 0 saturated heterocycles. The van der Waals surface area contributed by atoms with Gasteiger partial charge < -0.3 is 9.47 Å². The summed E-state index contributed by atoms with van der Waals surface area (Å²) in [4.78, 5) is 11.8. The second-order valence-electron chi connectivity index (χ2n) is 4.53. The van der Waals surface area contributed by atoms with Gasteiger partial charge in [0.15, 0.2) is 0 Å². The molecule has 0 aliphatic carbocycles. The Morgan fingerprint density at radius 3 is 2.70 bits per heavy atom. The molecular formula is C17H14O3. The standard InChI is InChI=1S/C17H14O3/c1-19-17(18)15-9-5-4-8-14(15)16-10-12-6-2-3-7-13(12)11-20-16/h2-10H,11H2,1H3. The molecule has 0 N–H and O–H groups in total. The Kier molecular flexibility index (Phi) is 3.25. The molecule has 20 heavy (non-hydrogen) atoms. The molecule has 1 heterocycles. The van der Waals surface area contributed by atoms with Crippen LogP contribution in [0.5, 0.6) is 0 Å². The Bertz CT molecular complexity index is 686. The minimum absolute atomic E-state index is 0.357. The second kappa shape index (κ2) is 5.21. The Hall–Kier alpha value is -2.55. The van der Waals surface area contributed by atoms with Crippen molar-refractivity contribution >= 4 is 17.8 Å². The SMILES string of the molecule is COC(=O)c1ccccc1C1=Cc2ccccc2CO1. The fraction of sp³-hybridized carbons (Fsp3) is 0.118. The fourth-order valence-electron chi connectivity index (χ4n) is 2.29. The van der Waals surface area contributed by atoms with Crippen LogP contribution in [0.3, 0.4) is 0 Å². The maximum atomic E-state index is 11.8. The zero-order valence-electron chi connectivity index (χ0n) is 11.1. The average molecular weight is 266 g/mol. The maximum Gasteiger partial charge on any atom is 0.338 e. The fourth-order valence-corrected chi connectivity index (χ4v) is 2.29. The number of carbonyl (C=O) groups excluding carboxylic acids is 1. The Labute approximate surface area is 117 Å². The van der Waals surface area contributed by atoms with Crippen LogP contribution in [0.4, 0.5) is 0 Å². The van der Waals surface area contributed by atoms with Crippen LogP contribution in [-0.4, -0.2) is 13.1 Å². The van der Waals surface area contributed by atoms with Gasteiger partial charge in [0.25, 0.3) is 0 Å². The highest BCUT2D eigenvalue weighted by Crippen LogP contribution is 2.30. The van der Waals surface area contributed by atoms with E-state index in [1.165, 1.54) is 7.11 Å². The van der Waals surface area contributed by atoms with Crippen molar-refractivity contribution in [1.82, 2.24) is 0 Å². The lowest BCUT2D eigenvalue weighted by molar-refractivity contribution is 0.0599. The molecule has 3 heteroatoms. The quantitative estimate of drug-likeness (QED) is 0.780. The third-order valence-electron chi connectivity index (χ3n) is 3.32. The lowest BCUT2D eigenvalue weighted by Gasteiger charge is -2.19. The van der Waals surface area contributed by atoms with E-state index in [9.17, 15) is 4.79 Å². The van der Waals surface area contributed by atoms with E-state index in [4.69, 9.17) is 9.47 Å². The second-order valence-corrected chi connectivity index (χ2v) is 4.53. The molecule has 0 saturated carbocycles. The van der Waals surface area contributed by atoms with Gasteiger partial charge in [-0.15, -0.1) is 0 Å². The third kappa shape index (κ3) is 2.18. The van der Waals surface area contributed by atoms with Gasteiger partial charge in [0.1, 0.15) is 12.4 Å². The van der Waals surface area contributed by atoms with Gasteiger partial charge in [-0.2, -0.15) is 0 Å². The van der Waals surface area contributed by atoms with Crippen LogP contribution in [0.15, 0.2) is 48.5 Å². The van der Waals surface area contributed by atoms with Crippen LogP contribution in [0.1, 0.15) is 27.0 Å². The van der Waals surface area contributed by atoms with Crippen molar-refractivity contribution in [3.8, 4) is 0 Å². The minimum Gasteiger partial charge on any atom is -0.488 e. The molecule has 3 nitrogen and oxygen atoms in total. The van der Waals surface area contributed by atoms with Crippen molar-refractivity contribution in [1.29, 1.82) is 0 Å². The summed E-state index contributed by atoms with van der Waals surface area (Å²) in [5.41, 5.74) is 3.54. The number of hydrogen-bond donors (Lipinski definition) is 0. The molecule has 100 valence electrons. The summed E-state index contributed by atoms with van der Waals surface area (Å²) in [5.74, 6) is 0.341. The van der Waals surface area contributed by atoms with Crippen molar-refractivity contribution in [2.45, 2.75) is 6.61 Å². The van der Waals surface area contributed by atoms with E-state index in [1.807, 2.05) is 48.5 Å². The van der Waals surface area contributed by atoms with Crippen LogP contribution in [0.2, 0.25) is 0 Å². The first kappa shape index (κ1) is 12.5. The highest BCUT2D eigenvalue weighted by atomic mass is 16.5. The maximum absolute atomic E-state index is 11.8. The van der Waals surface area contributed by atoms with E-state index < -0.39 is 0 Å². The number of carbonyl (C=O) groups is 1. The van der Waals surface area contributed by atoms with Gasteiger partial charge in [-0.1, -0.05) is 42.5 Å². The molecule has 0 aromatic heterocycles. The molecule has 2 aromatic carbocycles. The molecule has 0 amide bonds. The highest BCUT2D eigenvalue weighted by Gasteiger charge is 2.18. The number of fused-ring (bicyclic) bond motifs is 1. The van der Waals surface area contributed by atoms with E-state index in [0.717, 1.165) is 16.7 Å². The predicted octanol–water partition coefficient (Wildman–Crippen LogP) is 3.50. The number of rotatable bonds is 2. The largest absolute Gasteiger partial charge is 0.488 e. The zero-order chi connectivity index (χ0) is 13.9. The summed E-state index contributed by atoms with van der Waals surface area (Å²) >= 11 is 0. The number of ether oxygens (including phenoxy) is 2. The van der Waals surface area contributed by atoms with E-state index >= 15 is 0 Å². The Balaban J connectivity index is 2.07. The summed E-state index contributed by atoms with van der Waals surface area (Å²) in [7, 11) is 1.38. The predicted molar refractivity (Wildman–Crippen MR) is 76.9 cm³/mol. The van der Waals surface area contributed by atoms with E-state index in [0.29, 0.717) is 17.9 Å². The third-order valence-corrected chi connectivity index (χ3v) is 3.32. The van der Waals surface area contributed by atoms with Crippen molar-refractivity contribution < 1.29 is 14.3 Å². The van der Waals surface area contributed by atoms with Gasteiger partial charge in [0.2, 0.25) is 0 Å². The minimum atomic E-state index is -0.357. The van der Waals surface area contributed by atoms with Crippen LogP contribution in [-0.2, 0) is 16.1 Å². The zero-order valence-corrected chi connectivity index (χ0v) is 11.1. The summed E-state index contributed by atoms with van der Waals surface area (Å²) < 4.78 is 10.6. The van der Waals surface area contributed by atoms with Crippen LogP contribution in [0.25, 0.3) is 11.8 Å². The van der Waals surface area contributed by atoms with E-state index in [1.54, 1.807) is 6.07 Å². The number of methoxy groups -OCH3 is 1. The normalized spacial score (nSPS) is 12.9. The van der Waals surface area contributed by atoms with Gasteiger partial charge in [0.05, 0.1) is 12.7 Å². The number of hydrogen-bond acceptors (Lipinski definition) is 3. The van der Waals surface area contributed by atoms with Crippen LogP contribution < -0.4 is 0 Å². The van der Waals surface area contributed by atoms with Gasteiger partial charge >= 0.3 is 5.97 Å². The molecule has 2 aromatic rings. The first-order valence-corrected chi connectivity index (χ1v) is 6.39. The lowest BCUT2D eigenvalue weighted by Crippen LogP contribution is -2.08. The molecule has 0 spiro atoms. The summed E-state index contributed by atoms with van der Waals surface area (Å²) in [5, 5.41) is 0. The van der Waals surface area contributed by atoms with Crippen molar-refractivity contribution in [2.24, 2.45) is 0 Å². The van der Waals surface area contributed by atoms with Crippen LogP contribution in [0, 0.1) is 0 Å². The van der Waals surface area contributed by atoms with E-state index in [-0.39, 0.29) is 5.97 Å². The molecule has 0 fully saturated rings. The molecule has 1 aliphatic heterocycles. The molecule has 1 aliphatic rings. The smallest absolute Gasteiger partial charge is 0.338 e. The average Bonchev–Trinajstić information content (AvgIpc) is 2.53. The molecular weight excluding hydrogens is 252 g/mol. The number of esters is 1. The molecule has 0 radical (unpaired) electrons. The molecule has 0 atom stereocenters. The van der Waals surface area contributed by atoms with Crippen molar-refractivity contribution in [3.05, 3.63) is 70.8 Å². The summed E-state index contributed by atoms with van der Waals surface area (Å²) in [6, 6.07) is 15.4. The topological polar surface area (TPSA) is 35.5 Å². The lowest BCUT2D eigenvalue weighted by atomic mass is 10.00. The molecule has 0 bridgehead atoms. The first-order valence-electron chi connectivity index (χ1n) is 6.39. The molecule has 3 rings (SSSR count). The van der Waals surface area contributed by atoms with Crippen molar-refractivity contribution in [2.75, 3.05) is 7.11 Å². The summed E-state index contributed by atoms with van der Waals surface area (Å²) in [6.07, 6.45) is 1.96. The highest BCUT2D eigenvalue weighted by molar-refractivity contribution is 5.97. The van der Waals surface area contributed by atoms with Crippen molar-refractivity contribution in [3.63, 3.8) is 0 Å². The first-order chi connectivity index (χ1) is 9.79. The van der Waals surface area contributed by atoms with Gasteiger partial charge in [-0.3, -0.25) is 0 Å².